The SMILES string of the molecule is COc1ccc(Cl)cc1C(=O)N1CCC2(CC1)CC(=O)c1cc(Cl)c(C)cc1O2. The molecule has 1 saturated heterocycles. The third kappa shape index (κ3) is 3.69. The molecule has 0 bridgehead atoms. The minimum absolute atomic E-state index is 0.0319. The van der Waals surface area contributed by atoms with Gasteiger partial charge in [-0.25, -0.2) is 0 Å². The molecule has 0 N–H and O–H groups in total. The predicted octanol–water partition coefficient (Wildman–Crippen LogP) is 4.95. The molecule has 0 radical (unpaired) electrons. The van der Waals surface area contributed by atoms with Gasteiger partial charge in [-0.15, -0.1) is 0 Å². The number of aryl methyl sites for hydroxylation is 1. The first-order chi connectivity index (χ1) is 13.8. The highest BCUT2D eigenvalue weighted by molar-refractivity contribution is 6.32. The fourth-order valence-electron chi connectivity index (χ4n) is 4.03. The maximum atomic E-state index is 13.0. The molecule has 1 amide bonds. The van der Waals surface area contributed by atoms with E-state index in [4.69, 9.17) is 32.7 Å². The van der Waals surface area contributed by atoms with Crippen LogP contribution in [0.4, 0.5) is 0 Å². The number of amides is 1. The van der Waals surface area contributed by atoms with Crippen LogP contribution in [-0.2, 0) is 0 Å². The average molecular weight is 434 g/mol. The first kappa shape index (κ1) is 20.0. The van der Waals surface area contributed by atoms with Gasteiger partial charge in [0.2, 0.25) is 0 Å². The molecule has 2 aromatic rings. The van der Waals surface area contributed by atoms with Crippen LogP contribution < -0.4 is 9.47 Å². The molecule has 29 heavy (non-hydrogen) atoms. The summed E-state index contributed by atoms with van der Waals surface area (Å²) in [4.78, 5) is 27.5. The van der Waals surface area contributed by atoms with Crippen molar-refractivity contribution in [2.24, 2.45) is 0 Å². The maximum Gasteiger partial charge on any atom is 0.257 e. The first-order valence-corrected chi connectivity index (χ1v) is 10.2. The summed E-state index contributed by atoms with van der Waals surface area (Å²) in [7, 11) is 1.53. The molecule has 2 heterocycles. The summed E-state index contributed by atoms with van der Waals surface area (Å²) >= 11 is 12.2. The highest BCUT2D eigenvalue weighted by atomic mass is 35.5. The zero-order chi connectivity index (χ0) is 20.8. The Bertz CT molecular complexity index is 997. The molecule has 0 unspecified atom stereocenters. The first-order valence-electron chi connectivity index (χ1n) is 9.47. The molecule has 0 aromatic heterocycles. The summed E-state index contributed by atoms with van der Waals surface area (Å²) in [5, 5.41) is 1.04. The van der Waals surface area contributed by atoms with Gasteiger partial charge < -0.3 is 14.4 Å². The Balaban J connectivity index is 1.52. The van der Waals surface area contributed by atoms with Crippen molar-refractivity contribution in [2.45, 2.75) is 31.8 Å². The van der Waals surface area contributed by atoms with E-state index in [0.717, 1.165) is 5.56 Å². The van der Waals surface area contributed by atoms with Crippen molar-refractivity contribution in [1.29, 1.82) is 0 Å². The molecule has 5 nitrogen and oxygen atoms in total. The number of methoxy groups -OCH3 is 1. The number of carbonyl (C=O) groups excluding carboxylic acids is 2. The van der Waals surface area contributed by atoms with Crippen molar-refractivity contribution in [3.8, 4) is 11.5 Å². The minimum Gasteiger partial charge on any atom is -0.496 e. The van der Waals surface area contributed by atoms with Gasteiger partial charge in [-0.3, -0.25) is 9.59 Å². The van der Waals surface area contributed by atoms with Gasteiger partial charge in [-0.2, -0.15) is 0 Å². The number of Topliss-reactive ketones (excluding diaryl/α,β-unsaturated/α-hetero) is 1. The molecule has 1 fully saturated rings. The van der Waals surface area contributed by atoms with Gasteiger partial charge in [-0.1, -0.05) is 23.2 Å². The minimum atomic E-state index is -0.584. The molecule has 152 valence electrons. The van der Waals surface area contributed by atoms with Gasteiger partial charge in [0.15, 0.2) is 5.78 Å². The molecule has 2 aliphatic rings. The number of hydrogen-bond acceptors (Lipinski definition) is 4. The molecule has 0 saturated carbocycles. The van der Waals surface area contributed by atoms with E-state index in [2.05, 4.69) is 0 Å². The molecular formula is C22H21Cl2NO4. The lowest BCUT2D eigenvalue weighted by atomic mass is 9.82. The normalized spacial score (nSPS) is 17.7. The fourth-order valence-corrected chi connectivity index (χ4v) is 4.36. The number of rotatable bonds is 2. The van der Waals surface area contributed by atoms with Crippen molar-refractivity contribution >= 4 is 34.9 Å². The van der Waals surface area contributed by atoms with E-state index >= 15 is 0 Å². The molecule has 2 aromatic carbocycles. The maximum absolute atomic E-state index is 13.0. The summed E-state index contributed by atoms with van der Waals surface area (Å²) in [5.41, 5.74) is 1.26. The number of fused-ring (bicyclic) bond motifs is 1. The van der Waals surface area contributed by atoms with E-state index in [9.17, 15) is 9.59 Å². The summed E-state index contributed by atoms with van der Waals surface area (Å²) < 4.78 is 11.6. The third-order valence-electron chi connectivity index (χ3n) is 5.72. The van der Waals surface area contributed by atoms with Crippen LogP contribution in [-0.4, -0.2) is 42.4 Å². The van der Waals surface area contributed by atoms with E-state index < -0.39 is 5.60 Å². The van der Waals surface area contributed by atoms with Gasteiger partial charge in [0.25, 0.3) is 5.91 Å². The highest BCUT2D eigenvalue weighted by Crippen LogP contribution is 2.41. The van der Waals surface area contributed by atoms with Crippen LogP contribution >= 0.6 is 23.2 Å². The second-order valence-corrected chi connectivity index (χ2v) is 8.46. The van der Waals surface area contributed by atoms with Crippen LogP contribution in [0.25, 0.3) is 0 Å². The van der Waals surface area contributed by atoms with Crippen LogP contribution in [0.1, 0.15) is 45.5 Å². The van der Waals surface area contributed by atoms with Crippen molar-refractivity contribution < 1.29 is 19.1 Å². The van der Waals surface area contributed by atoms with Crippen molar-refractivity contribution in [3.05, 3.63) is 57.1 Å². The molecular weight excluding hydrogens is 413 g/mol. The zero-order valence-corrected chi connectivity index (χ0v) is 17.8. The van der Waals surface area contributed by atoms with E-state index in [0.29, 0.717) is 65.0 Å². The number of carbonyl (C=O) groups is 2. The Labute approximate surface area is 179 Å². The number of halogens is 2. The van der Waals surface area contributed by atoms with Crippen LogP contribution in [0.3, 0.4) is 0 Å². The number of benzene rings is 2. The highest BCUT2D eigenvalue weighted by Gasteiger charge is 2.44. The second-order valence-electron chi connectivity index (χ2n) is 7.62. The standard InChI is InChI=1S/C22H21Cl2NO4/c1-13-9-20-15(11-17(13)24)18(26)12-22(29-20)5-7-25(8-6-22)21(27)16-10-14(23)3-4-19(16)28-2/h3-4,9-11H,5-8,12H2,1-2H3. The summed E-state index contributed by atoms with van der Waals surface area (Å²) in [6.07, 6.45) is 1.45. The quantitative estimate of drug-likeness (QED) is 0.671. The lowest BCUT2D eigenvalue weighted by Gasteiger charge is -2.44. The van der Waals surface area contributed by atoms with Crippen LogP contribution in [0.2, 0.25) is 10.0 Å². The van der Waals surface area contributed by atoms with E-state index in [1.807, 2.05) is 13.0 Å². The van der Waals surface area contributed by atoms with Gasteiger partial charge >= 0.3 is 0 Å². The second kappa shape index (κ2) is 7.54. The number of hydrogen-bond donors (Lipinski definition) is 0. The molecule has 0 aliphatic carbocycles. The Morgan fingerprint density at radius 1 is 1.17 bits per heavy atom. The Hall–Kier alpha value is -2.24. The fraction of sp³-hybridized carbons (Fsp3) is 0.364. The lowest BCUT2D eigenvalue weighted by molar-refractivity contribution is -0.00578. The van der Waals surface area contributed by atoms with Crippen LogP contribution in [0, 0.1) is 6.92 Å². The Morgan fingerprint density at radius 2 is 1.90 bits per heavy atom. The lowest BCUT2D eigenvalue weighted by Crippen LogP contribution is -2.52. The third-order valence-corrected chi connectivity index (χ3v) is 6.37. The molecule has 7 heteroatoms. The Kier molecular flexibility index (Phi) is 5.21. The van der Waals surface area contributed by atoms with Gasteiger partial charge in [0, 0.05) is 36.0 Å². The van der Waals surface area contributed by atoms with Gasteiger partial charge in [-0.05, 0) is 42.8 Å². The molecule has 1 spiro atoms. The van der Waals surface area contributed by atoms with Crippen molar-refractivity contribution in [3.63, 3.8) is 0 Å². The molecule has 4 rings (SSSR count). The number of piperidine rings is 1. The predicted molar refractivity (Wildman–Crippen MR) is 112 cm³/mol. The van der Waals surface area contributed by atoms with Crippen LogP contribution in [0.15, 0.2) is 30.3 Å². The summed E-state index contributed by atoms with van der Waals surface area (Å²) in [6, 6.07) is 8.51. The summed E-state index contributed by atoms with van der Waals surface area (Å²) in [6.45, 7) is 2.87. The topological polar surface area (TPSA) is 55.8 Å². The summed E-state index contributed by atoms with van der Waals surface area (Å²) in [5.74, 6) is 0.971. The van der Waals surface area contributed by atoms with Crippen LogP contribution in [0.5, 0.6) is 11.5 Å². The van der Waals surface area contributed by atoms with Crippen molar-refractivity contribution in [1.82, 2.24) is 4.90 Å². The zero-order valence-electron chi connectivity index (χ0n) is 16.3. The molecule has 0 atom stereocenters. The van der Waals surface area contributed by atoms with Gasteiger partial charge in [0.1, 0.15) is 17.1 Å². The largest absolute Gasteiger partial charge is 0.496 e. The van der Waals surface area contributed by atoms with Crippen molar-refractivity contribution in [2.75, 3.05) is 20.2 Å². The van der Waals surface area contributed by atoms with E-state index in [1.165, 1.54) is 7.11 Å². The Morgan fingerprint density at radius 3 is 2.59 bits per heavy atom. The smallest absolute Gasteiger partial charge is 0.257 e. The number of likely N-dealkylation sites (tertiary alicyclic amines) is 1. The molecule has 2 aliphatic heterocycles. The van der Waals surface area contributed by atoms with Gasteiger partial charge in [0.05, 0.1) is 24.7 Å². The number of ether oxygens (including phenoxy) is 2. The average Bonchev–Trinajstić information content (AvgIpc) is 2.70. The number of nitrogens with zero attached hydrogens (tertiary/aromatic N) is 1. The van der Waals surface area contributed by atoms with E-state index in [1.54, 1.807) is 29.2 Å². The number of ketones is 1. The monoisotopic (exact) mass is 433 g/mol. The van der Waals surface area contributed by atoms with E-state index in [-0.39, 0.29) is 11.7 Å².